The number of methoxy groups -OCH3 is 2. The summed E-state index contributed by atoms with van der Waals surface area (Å²) in [5.74, 6) is -1.19. The summed E-state index contributed by atoms with van der Waals surface area (Å²) < 4.78 is 61.7. The molecular weight excluding hydrogens is 665 g/mol. The Hall–Kier alpha value is -4.79. The lowest BCUT2D eigenvalue weighted by Gasteiger charge is -2.15. The Morgan fingerprint density at radius 2 is 1.62 bits per heavy atom. The van der Waals surface area contributed by atoms with Crippen LogP contribution < -0.4 is 35.0 Å². The van der Waals surface area contributed by atoms with Crippen molar-refractivity contribution >= 4 is 45.6 Å². The average molecular weight is 695 g/mol. The van der Waals surface area contributed by atoms with Crippen LogP contribution in [0.4, 0.5) is 18.9 Å². The Balaban J connectivity index is 1.52. The summed E-state index contributed by atoms with van der Waals surface area (Å²) in [4.78, 5) is 36.6. The minimum atomic E-state index is -4.68. The molecule has 0 saturated heterocycles. The van der Waals surface area contributed by atoms with Crippen LogP contribution in [0.1, 0.15) is 23.6 Å². The molecule has 0 aliphatic rings. The molecule has 0 radical (unpaired) electrons. The first-order valence-electron chi connectivity index (χ1n) is 13.3. The summed E-state index contributed by atoms with van der Waals surface area (Å²) in [7, 11) is 3.04. The van der Waals surface area contributed by atoms with Gasteiger partial charge in [0, 0.05) is 11.0 Å². The zero-order valence-corrected chi connectivity index (χ0v) is 26.0. The van der Waals surface area contributed by atoms with Gasteiger partial charge in [0.2, 0.25) is 0 Å². The van der Waals surface area contributed by atoms with E-state index in [4.69, 9.17) is 18.9 Å². The highest BCUT2D eigenvalue weighted by Crippen LogP contribution is 2.36. The maximum atomic E-state index is 13.3. The monoisotopic (exact) mass is 694 g/mol. The van der Waals surface area contributed by atoms with Gasteiger partial charge in [-0.05, 0) is 73.0 Å². The lowest BCUT2D eigenvalue weighted by molar-refractivity contribution is -0.139. The van der Waals surface area contributed by atoms with Crippen molar-refractivity contribution in [2.45, 2.75) is 19.5 Å². The number of benzene rings is 3. The van der Waals surface area contributed by atoms with Crippen molar-refractivity contribution in [3.63, 3.8) is 0 Å². The van der Waals surface area contributed by atoms with Crippen LogP contribution in [-0.4, -0.2) is 57.9 Å². The molecule has 0 unspecified atom stereocenters. The number of alkyl halides is 3. The van der Waals surface area contributed by atoms with Gasteiger partial charge in [-0.2, -0.15) is 18.3 Å². The molecule has 0 aromatic heterocycles. The molecular formula is C30H30BrF3N4O7. The maximum absolute atomic E-state index is 13.3. The number of rotatable bonds is 13. The Labute approximate surface area is 265 Å². The molecule has 3 N–H and O–H groups in total. The van der Waals surface area contributed by atoms with Crippen LogP contribution >= 0.6 is 15.9 Å². The smallest absolute Gasteiger partial charge is 0.418 e. The van der Waals surface area contributed by atoms with Crippen LogP contribution in [0.5, 0.6) is 23.0 Å². The lowest BCUT2D eigenvalue weighted by Crippen LogP contribution is -2.38. The number of nitrogens with one attached hydrogen (secondary N) is 3. The van der Waals surface area contributed by atoms with E-state index in [0.717, 1.165) is 17.7 Å². The zero-order valence-electron chi connectivity index (χ0n) is 24.4. The summed E-state index contributed by atoms with van der Waals surface area (Å²) in [5, 5.41) is 8.50. The summed E-state index contributed by atoms with van der Waals surface area (Å²) >= 11 is 2.99. The van der Waals surface area contributed by atoms with Gasteiger partial charge in [0.1, 0.15) is 0 Å². The van der Waals surface area contributed by atoms with Gasteiger partial charge in [-0.1, -0.05) is 22.0 Å². The predicted molar refractivity (Wildman–Crippen MR) is 163 cm³/mol. The second kappa shape index (κ2) is 16.3. The van der Waals surface area contributed by atoms with Crippen molar-refractivity contribution in [1.29, 1.82) is 0 Å². The summed E-state index contributed by atoms with van der Waals surface area (Å²) in [6.45, 7) is 1.54. The fraction of sp³-hybridized carbons (Fsp3) is 0.267. The summed E-state index contributed by atoms with van der Waals surface area (Å²) in [6.07, 6.45) is -2.97. The quantitative estimate of drug-likeness (QED) is 0.134. The van der Waals surface area contributed by atoms with Gasteiger partial charge in [-0.25, -0.2) is 5.43 Å². The first kappa shape index (κ1) is 34.7. The van der Waals surface area contributed by atoms with E-state index in [0.29, 0.717) is 23.5 Å². The van der Waals surface area contributed by atoms with Crippen LogP contribution in [-0.2, 0) is 27.0 Å². The number of anilines is 1. The molecule has 3 aromatic rings. The van der Waals surface area contributed by atoms with E-state index >= 15 is 0 Å². The van der Waals surface area contributed by atoms with Crippen molar-refractivity contribution in [2.75, 3.05) is 39.3 Å². The molecule has 0 saturated carbocycles. The van der Waals surface area contributed by atoms with Crippen LogP contribution in [0.15, 0.2) is 64.2 Å². The third-order valence-corrected chi connectivity index (χ3v) is 6.41. The number of halogens is 4. The topological polar surface area (TPSA) is 137 Å². The third kappa shape index (κ3) is 10.4. The third-order valence-electron chi connectivity index (χ3n) is 5.92. The van der Waals surface area contributed by atoms with Gasteiger partial charge in [-0.3, -0.25) is 14.4 Å². The summed E-state index contributed by atoms with van der Waals surface area (Å²) in [5.41, 5.74) is 2.03. The second-order valence-electron chi connectivity index (χ2n) is 9.06. The van der Waals surface area contributed by atoms with Gasteiger partial charge in [0.15, 0.2) is 29.6 Å². The Kier molecular flexibility index (Phi) is 12.6. The number of carbonyl (C=O) groups excluding carboxylic acids is 3. The largest absolute Gasteiger partial charge is 0.493 e. The molecule has 0 bridgehead atoms. The summed E-state index contributed by atoms with van der Waals surface area (Å²) in [6, 6.07) is 13.2. The molecule has 0 fully saturated rings. The number of amides is 3. The number of nitrogens with zero attached hydrogens (tertiary/aromatic N) is 1. The van der Waals surface area contributed by atoms with Crippen LogP contribution in [0.3, 0.4) is 0 Å². The lowest BCUT2D eigenvalue weighted by atomic mass is 10.1. The Morgan fingerprint density at radius 1 is 0.889 bits per heavy atom. The van der Waals surface area contributed by atoms with Crippen molar-refractivity contribution in [3.05, 3.63) is 75.8 Å². The van der Waals surface area contributed by atoms with Crippen molar-refractivity contribution in [3.8, 4) is 23.0 Å². The zero-order chi connectivity index (χ0) is 33.0. The SMILES string of the molecule is CCOc1cc(/C=N\NC(=O)C(=O)NCCc2ccc(OC)c(OC)c2)ccc1OCC(=O)Nc1ccc(Br)cc1C(F)(F)F. The van der Waals surface area contributed by atoms with Gasteiger partial charge in [0.05, 0.1) is 38.3 Å². The van der Waals surface area contributed by atoms with Crippen molar-refractivity contribution in [1.82, 2.24) is 10.7 Å². The molecule has 0 atom stereocenters. The highest BCUT2D eigenvalue weighted by Gasteiger charge is 2.34. The van der Waals surface area contributed by atoms with Crippen molar-refractivity contribution in [2.24, 2.45) is 5.10 Å². The number of hydrazone groups is 1. The Bertz CT molecular complexity index is 1550. The normalized spacial score (nSPS) is 11.1. The first-order chi connectivity index (χ1) is 21.4. The van der Waals surface area contributed by atoms with Gasteiger partial charge in [0.25, 0.3) is 5.91 Å². The van der Waals surface area contributed by atoms with Crippen LogP contribution in [0.2, 0.25) is 0 Å². The van der Waals surface area contributed by atoms with E-state index in [1.54, 1.807) is 19.1 Å². The van der Waals surface area contributed by atoms with Gasteiger partial charge in [-0.15, -0.1) is 0 Å². The van der Waals surface area contributed by atoms with E-state index < -0.39 is 41.8 Å². The standard InChI is InChI=1S/C30H30BrF3N4O7/c1-4-44-26-14-19(6-10-24(26)45-17-27(39)37-22-8-7-20(31)15-21(22)30(32,33)34)16-36-38-29(41)28(40)35-12-11-18-5-9-23(42-2)25(13-18)43-3/h5-10,13-16H,4,11-12,17H2,1-3H3,(H,35,40)(H,37,39)(H,38,41)/b36-16-. The molecule has 0 aliphatic heterocycles. The fourth-order valence-electron chi connectivity index (χ4n) is 3.84. The molecule has 11 nitrogen and oxygen atoms in total. The van der Waals surface area contributed by atoms with E-state index in [1.165, 1.54) is 44.7 Å². The molecule has 3 aromatic carbocycles. The number of hydrogen-bond acceptors (Lipinski definition) is 8. The number of hydrogen-bond donors (Lipinski definition) is 3. The number of ether oxygens (including phenoxy) is 4. The number of carbonyl (C=O) groups is 3. The molecule has 15 heteroatoms. The molecule has 240 valence electrons. The van der Waals surface area contributed by atoms with E-state index in [2.05, 4.69) is 37.1 Å². The van der Waals surface area contributed by atoms with Gasteiger partial charge < -0.3 is 29.6 Å². The highest BCUT2D eigenvalue weighted by molar-refractivity contribution is 9.10. The fourth-order valence-corrected chi connectivity index (χ4v) is 4.20. The van der Waals surface area contributed by atoms with E-state index in [9.17, 15) is 27.6 Å². The minimum Gasteiger partial charge on any atom is -0.493 e. The second-order valence-corrected chi connectivity index (χ2v) is 9.97. The predicted octanol–water partition coefficient (Wildman–Crippen LogP) is 4.71. The maximum Gasteiger partial charge on any atom is 0.418 e. The van der Waals surface area contributed by atoms with Crippen LogP contribution in [0, 0.1) is 0 Å². The van der Waals surface area contributed by atoms with E-state index in [1.807, 2.05) is 6.07 Å². The molecule has 3 rings (SSSR count). The molecule has 45 heavy (non-hydrogen) atoms. The van der Waals surface area contributed by atoms with Crippen LogP contribution in [0.25, 0.3) is 0 Å². The van der Waals surface area contributed by atoms with Crippen molar-refractivity contribution < 1.29 is 46.5 Å². The average Bonchev–Trinajstić information content (AvgIpc) is 3.00. The highest BCUT2D eigenvalue weighted by atomic mass is 79.9. The molecule has 0 heterocycles. The minimum absolute atomic E-state index is 0.147. The Morgan fingerprint density at radius 3 is 2.31 bits per heavy atom. The molecule has 3 amide bonds. The van der Waals surface area contributed by atoms with E-state index in [-0.39, 0.29) is 29.1 Å². The molecule has 0 aliphatic carbocycles. The first-order valence-corrected chi connectivity index (χ1v) is 14.1. The molecule has 0 spiro atoms. The van der Waals surface area contributed by atoms with Gasteiger partial charge >= 0.3 is 18.0 Å².